The molecule has 2 aromatic carbocycles. The van der Waals surface area contributed by atoms with Crippen LogP contribution in [0.15, 0.2) is 48.5 Å². The van der Waals surface area contributed by atoms with Gasteiger partial charge in [0, 0.05) is 32.0 Å². The number of nitrogens with one attached hydrogen (secondary N) is 2. The van der Waals surface area contributed by atoms with Crippen LogP contribution in [0.25, 0.3) is 10.2 Å². The van der Waals surface area contributed by atoms with Crippen molar-refractivity contribution in [2.45, 2.75) is 19.8 Å². The van der Waals surface area contributed by atoms with Crippen LogP contribution in [0.2, 0.25) is 0 Å². The first kappa shape index (κ1) is 17.1. The fourth-order valence-corrected chi connectivity index (χ4v) is 3.45. The van der Waals surface area contributed by atoms with Crippen molar-refractivity contribution in [3.05, 3.63) is 59.1 Å². The lowest BCUT2D eigenvalue weighted by Gasteiger charge is -2.06. The number of fused-ring (bicyclic) bond motifs is 1. The van der Waals surface area contributed by atoms with Crippen LogP contribution in [0.3, 0.4) is 0 Å². The van der Waals surface area contributed by atoms with Crippen molar-refractivity contribution in [1.29, 1.82) is 0 Å². The zero-order valence-corrected chi connectivity index (χ0v) is 14.7. The predicted molar refractivity (Wildman–Crippen MR) is 101 cm³/mol. The number of hydrogen-bond donors (Lipinski definition) is 2. The summed E-state index contributed by atoms with van der Waals surface area (Å²) in [5.41, 5.74) is 2.93. The Labute approximate surface area is 150 Å². The number of anilines is 1. The smallest absolute Gasteiger partial charge is 0.226 e. The average Bonchev–Trinajstić information content (AvgIpc) is 2.98. The molecule has 0 spiro atoms. The summed E-state index contributed by atoms with van der Waals surface area (Å²) < 4.78 is 1.19. The van der Waals surface area contributed by atoms with Gasteiger partial charge in [-0.1, -0.05) is 24.3 Å². The molecule has 0 saturated heterocycles. The van der Waals surface area contributed by atoms with Gasteiger partial charge in [0.1, 0.15) is 0 Å². The molecule has 0 bridgehead atoms. The van der Waals surface area contributed by atoms with E-state index in [1.54, 1.807) is 11.3 Å². The van der Waals surface area contributed by atoms with Gasteiger partial charge in [0.15, 0.2) is 0 Å². The lowest BCUT2D eigenvalue weighted by Crippen LogP contribution is -2.25. The van der Waals surface area contributed by atoms with E-state index in [2.05, 4.69) is 21.7 Å². The molecule has 0 saturated carbocycles. The van der Waals surface area contributed by atoms with E-state index in [1.807, 2.05) is 42.5 Å². The Bertz CT molecular complexity index is 854. The van der Waals surface area contributed by atoms with Gasteiger partial charge in [-0.05, 0) is 29.8 Å². The number of nitrogens with zero attached hydrogens (tertiary/aromatic N) is 1. The van der Waals surface area contributed by atoms with Crippen LogP contribution >= 0.6 is 11.3 Å². The Morgan fingerprint density at radius 3 is 2.56 bits per heavy atom. The minimum atomic E-state index is -0.132. The first-order valence-corrected chi connectivity index (χ1v) is 8.89. The van der Waals surface area contributed by atoms with Gasteiger partial charge < -0.3 is 10.6 Å². The van der Waals surface area contributed by atoms with Gasteiger partial charge in [-0.15, -0.1) is 11.3 Å². The van der Waals surface area contributed by atoms with E-state index in [0.717, 1.165) is 28.2 Å². The summed E-state index contributed by atoms with van der Waals surface area (Å²) in [4.78, 5) is 27.2. The highest BCUT2D eigenvalue weighted by Crippen LogP contribution is 2.24. The molecule has 5 nitrogen and oxygen atoms in total. The SMILES string of the molecule is CC(=O)NCCC(=O)Nc1ccc(Cc2nc3ccccc3s2)cc1. The van der Waals surface area contributed by atoms with Crippen molar-refractivity contribution in [1.82, 2.24) is 10.3 Å². The molecule has 0 radical (unpaired) electrons. The number of amides is 2. The largest absolute Gasteiger partial charge is 0.356 e. The molecule has 0 atom stereocenters. The van der Waals surface area contributed by atoms with Crippen LogP contribution in [0.5, 0.6) is 0 Å². The van der Waals surface area contributed by atoms with E-state index in [1.165, 1.54) is 11.6 Å². The molecule has 6 heteroatoms. The zero-order chi connectivity index (χ0) is 17.6. The minimum Gasteiger partial charge on any atom is -0.356 e. The topological polar surface area (TPSA) is 71.1 Å². The summed E-state index contributed by atoms with van der Waals surface area (Å²) in [6.07, 6.45) is 1.03. The number of aromatic nitrogens is 1. The molecular weight excluding hydrogens is 334 g/mol. The van der Waals surface area contributed by atoms with Crippen LogP contribution < -0.4 is 10.6 Å². The predicted octanol–water partition coefficient (Wildman–Crippen LogP) is 3.35. The van der Waals surface area contributed by atoms with Crippen LogP contribution in [0.4, 0.5) is 5.69 Å². The van der Waals surface area contributed by atoms with Crippen molar-refractivity contribution in [2.24, 2.45) is 0 Å². The molecule has 0 aliphatic rings. The maximum atomic E-state index is 11.8. The van der Waals surface area contributed by atoms with Gasteiger partial charge in [0.05, 0.1) is 15.2 Å². The molecule has 0 aliphatic heterocycles. The molecule has 3 aromatic rings. The summed E-state index contributed by atoms with van der Waals surface area (Å²) in [6.45, 7) is 1.78. The monoisotopic (exact) mass is 353 g/mol. The summed E-state index contributed by atoms with van der Waals surface area (Å²) >= 11 is 1.70. The number of carbonyl (C=O) groups excluding carboxylic acids is 2. The molecule has 0 unspecified atom stereocenters. The zero-order valence-electron chi connectivity index (χ0n) is 13.9. The minimum absolute atomic E-state index is 0.118. The highest BCUT2D eigenvalue weighted by atomic mass is 32.1. The Morgan fingerprint density at radius 1 is 1.08 bits per heavy atom. The van der Waals surface area contributed by atoms with Gasteiger partial charge in [-0.3, -0.25) is 9.59 Å². The Balaban J connectivity index is 1.56. The summed E-state index contributed by atoms with van der Waals surface area (Å²) in [6, 6.07) is 15.9. The maximum absolute atomic E-state index is 11.8. The van der Waals surface area contributed by atoms with Gasteiger partial charge in [0.2, 0.25) is 11.8 Å². The van der Waals surface area contributed by atoms with Crippen LogP contribution in [0, 0.1) is 0 Å². The van der Waals surface area contributed by atoms with Crippen molar-refractivity contribution in [3.8, 4) is 0 Å². The fraction of sp³-hybridized carbons (Fsp3) is 0.211. The first-order valence-electron chi connectivity index (χ1n) is 8.08. The number of carbonyl (C=O) groups is 2. The van der Waals surface area contributed by atoms with Crippen LogP contribution in [0.1, 0.15) is 23.9 Å². The summed E-state index contributed by atoms with van der Waals surface area (Å²) in [7, 11) is 0. The third kappa shape index (κ3) is 4.87. The van der Waals surface area contributed by atoms with Gasteiger partial charge >= 0.3 is 0 Å². The van der Waals surface area contributed by atoms with E-state index in [4.69, 9.17) is 0 Å². The molecular formula is C19H19N3O2S. The summed E-state index contributed by atoms with van der Waals surface area (Å²) in [5, 5.41) is 6.51. The normalized spacial score (nSPS) is 10.6. The molecule has 0 fully saturated rings. The number of para-hydroxylation sites is 1. The third-order valence-corrected chi connectivity index (χ3v) is 4.69. The van der Waals surface area contributed by atoms with E-state index in [9.17, 15) is 9.59 Å². The highest BCUT2D eigenvalue weighted by molar-refractivity contribution is 7.18. The molecule has 128 valence electrons. The van der Waals surface area contributed by atoms with Gasteiger partial charge in [-0.2, -0.15) is 0 Å². The second-order valence-electron chi connectivity index (χ2n) is 5.73. The van der Waals surface area contributed by atoms with Crippen molar-refractivity contribution < 1.29 is 9.59 Å². The van der Waals surface area contributed by atoms with Gasteiger partial charge in [-0.25, -0.2) is 4.98 Å². The van der Waals surface area contributed by atoms with E-state index >= 15 is 0 Å². The average molecular weight is 353 g/mol. The number of thiazole rings is 1. The Morgan fingerprint density at radius 2 is 1.84 bits per heavy atom. The van der Waals surface area contributed by atoms with Crippen molar-refractivity contribution >= 4 is 39.1 Å². The van der Waals surface area contributed by atoms with E-state index in [-0.39, 0.29) is 18.2 Å². The van der Waals surface area contributed by atoms with E-state index in [0.29, 0.717) is 6.54 Å². The highest BCUT2D eigenvalue weighted by Gasteiger charge is 2.06. The van der Waals surface area contributed by atoms with Gasteiger partial charge in [0.25, 0.3) is 0 Å². The fourth-order valence-electron chi connectivity index (χ4n) is 2.45. The Hall–Kier alpha value is -2.73. The number of rotatable bonds is 6. The third-order valence-electron chi connectivity index (χ3n) is 3.66. The molecule has 0 aliphatic carbocycles. The first-order chi connectivity index (χ1) is 12.1. The standard InChI is InChI=1S/C19H19N3O2S/c1-13(23)20-11-10-18(24)21-15-8-6-14(7-9-15)12-19-22-16-4-2-3-5-17(16)25-19/h2-9H,10-12H2,1H3,(H,20,23)(H,21,24). The van der Waals surface area contributed by atoms with Crippen molar-refractivity contribution in [2.75, 3.05) is 11.9 Å². The van der Waals surface area contributed by atoms with Crippen LogP contribution in [-0.4, -0.2) is 23.3 Å². The Kier molecular flexibility index (Phi) is 5.40. The second kappa shape index (κ2) is 7.90. The van der Waals surface area contributed by atoms with Crippen molar-refractivity contribution in [3.63, 3.8) is 0 Å². The lowest BCUT2D eigenvalue weighted by atomic mass is 10.1. The number of hydrogen-bond acceptors (Lipinski definition) is 4. The molecule has 1 aromatic heterocycles. The molecule has 2 N–H and O–H groups in total. The quantitative estimate of drug-likeness (QED) is 0.714. The maximum Gasteiger partial charge on any atom is 0.226 e. The summed E-state index contributed by atoms with van der Waals surface area (Å²) in [5.74, 6) is -0.250. The molecule has 25 heavy (non-hydrogen) atoms. The lowest BCUT2D eigenvalue weighted by molar-refractivity contribution is -0.119. The molecule has 1 heterocycles. The second-order valence-corrected chi connectivity index (χ2v) is 6.85. The van der Waals surface area contributed by atoms with E-state index < -0.39 is 0 Å². The molecule has 3 rings (SSSR count). The number of benzene rings is 2. The molecule has 2 amide bonds. The van der Waals surface area contributed by atoms with Crippen LogP contribution in [-0.2, 0) is 16.0 Å².